The number of rotatable bonds is 7. The zero-order chi connectivity index (χ0) is 41.0. The summed E-state index contributed by atoms with van der Waals surface area (Å²) in [5, 5.41) is 29.5. The third kappa shape index (κ3) is 13.9. The van der Waals surface area contributed by atoms with Gasteiger partial charge in [0, 0.05) is 84.6 Å². The molecule has 0 atom stereocenters. The molecule has 0 aromatic carbocycles. The van der Waals surface area contributed by atoms with E-state index in [0.717, 1.165) is 52.7 Å². The number of nitrogen functional groups attached to an aromatic ring is 2. The van der Waals surface area contributed by atoms with Crippen molar-refractivity contribution in [1.82, 2.24) is 49.8 Å². The Balaban J connectivity index is 0.000000174. The highest BCUT2D eigenvalue weighted by molar-refractivity contribution is 9.10. The number of nitrogens with one attached hydrogen (secondary N) is 1. The number of ether oxygens (including phenoxy) is 1. The van der Waals surface area contributed by atoms with Gasteiger partial charge < -0.3 is 31.6 Å². The molecule has 0 unspecified atom stereocenters. The molecule has 7 N–H and O–H groups in total. The molecule has 7 aromatic rings. The molecule has 0 spiro atoms. The monoisotopic (exact) mass is 840 g/mol. The second-order valence-electron chi connectivity index (χ2n) is 12.2. The summed E-state index contributed by atoms with van der Waals surface area (Å²) in [4.78, 5) is 40.2. The van der Waals surface area contributed by atoms with Crippen LogP contribution in [0.15, 0.2) is 127 Å². The van der Waals surface area contributed by atoms with E-state index in [4.69, 9.17) is 26.3 Å². The Bertz CT molecular complexity index is 2270. The van der Waals surface area contributed by atoms with Crippen LogP contribution >= 0.6 is 15.9 Å². The van der Waals surface area contributed by atoms with Crippen LogP contribution < -0.4 is 27.0 Å². The molecule has 17 nitrogen and oxygen atoms in total. The molecule has 1 saturated carbocycles. The number of nitriles is 1. The van der Waals surface area contributed by atoms with Crippen LogP contribution in [0.2, 0.25) is 0 Å². The van der Waals surface area contributed by atoms with Crippen molar-refractivity contribution in [2.45, 2.75) is 38.2 Å². The van der Waals surface area contributed by atoms with Crippen molar-refractivity contribution in [3.8, 4) is 34.3 Å². The van der Waals surface area contributed by atoms with Gasteiger partial charge >= 0.3 is 7.12 Å². The summed E-state index contributed by atoms with van der Waals surface area (Å²) < 4.78 is 6.90. The highest BCUT2D eigenvalue weighted by atomic mass is 79.9. The average molecular weight is 842 g/mol. The van der Waals surface area contributed by atoms with E-state index >= 15 is 0 Å². The van der Waals surface area contributed by atoms with Crippen LogP contribution in [0.25, 0.3) is 22.5 Å². The Hall–Kier alpha value is -7.01. The Morgan fingerprint density at radius 3 is 1.76 bits per heavy atom. The van der Waals surface area contributed by atoms with Gasteiger partial charge in [-0.25, -0.2) is 34.9 Å². The van der Waals surface area contributed by atoms with Gasteiger partial charge in [-0.05, 0) is 71.9 Å². The highest BCUT2D eigenvalue weighted by Gasteiger charge is 2.18. The van der Waals surface area contributed by atoms with Crippen LogP contribution in [0.1, 0.15) is 37.8 Å². The summed E-state index contributed by atoms with van der Waals surface area (Å²) in [6.07, 6.45) is 23.7. The Labute approximate surface area is 343 Å². The molecule has 58 heavy (non-hydrogen) atoms. The van der Waals surface area contributed by atoms with Crippen molar-refractivity contribution in [2.75, 3.05) is 16.8 Å². The van der Waals surface area contributed by atoms with Crippen molar-refractivity contribution in [3.05, 3.63) is 133 Å². The summed E-state index contributed by atoms with van der Waals surface area (Å²) in [7, 11) is -1.40. The second-order valence-corrected chi connectivity index (χ2v) is 13.1. The standard InChI is InChI=1S/C21H20N6O.C9H8N4.C5H6BNO2.C4H4BrN3/c22-11-19-20(28-17-6-2-1-3-7-17)10-16(14-24-19)27-21-25-12-15(13-26-21)18-8-4-5-9-23-18;10-9-12-5-7(6-13-9)8-3-1-2-4-11-8;8-6(9)5-2-1-3-7-4-5;5-3-1-7-4(6)8-2-3/h4-5,8-10,12-14,17H,1-3,6-7H2,(H,25,26,27);1-6H,(H2,10,12,13);1-4,8-9H;1-2H,(H2,6,7,8). The molecule has 0 amide bonds. The molecule has 1 aliphatic rings. The maximum absolute atomic E-state index is 9.32. The molecule has 1 fully saturated rings. The van der Waals surface area contributed by atoms with Gasteiger partial charge in [-0.15, -0.1) is 0 Å². The normalized spacial score (nSPS) is 11.8. The van der Waals surface area contributed by atoms with Crippen LogP contribution in [-0.4, -0.2) is 73.1 Å². The van der Waals surface area contributed by atoms with Crippen molar-refractivity contribution in [2.24, 2.45) is 0 Å². The van der Waals surface area contributed by atoms with E-state index in [1.165, 1.54) is 12.6 Å². The lowest BCUT2D eigenvalue weighted by molar-refractivity contribution is 0.154. The fourth-order valence-corrected chi connectivity index (χ4v) is 5.30. The predicted molar refractivity (Wildman–Crippen MR) is 223 cm³/mol. The Morgan fingerprint density at radius 2 is 1.28 bits per heavy atom. The van der Waals surface area contributed by atoms with E-state index in [1.807, 2.05) is 36.4 Å². The van der Waals surface area contributed by atoms with E-state index in [-0.39, 0.29) is 12.1 Å². The lowest BCUT2D eigenvalue weighted by atomic mass is 9.82. The Morgan fingerprint density at radius 1 is 0.690 bits per heavy atom. The van der Waals surface area contributed by atoms with Gasteiger partial charge in [0.15, 0.2) is 11.4 Å². The Kier molecular flexibility index (Phi) is 16.4. The number of anilines is 4. The first kappa shape index (κ1) is 42.1. The topological polar surface area (TPSA) is 266 Å². The van der Waals surface area contributed by atoms with E-state index in [2.05, 4.69) is 77.2 Å². The van der Waals surface area contributed by atoms with Gasteiger partial charge in [0.2, 0.25) is 17.8 Å². The molecular weight excluding hydrogens is 803 g/mol. The lowest BCUT2D eigenvalue weighted by Crippen LogP contribution is -2.29. The molecule has 0 aliphatic heterocycles. The smallest absolute Gasteiger partial charge is 0.487 e. The number of nitrogens with zero attached hydrogens (tertiary/aromatic N) is 11. The van der Waals surface area contributed by atoms with Crippen molar-refractivity contribution in [3.63, 3.8) is 0 Å². The zero-order valence-electron chi connectivity index (χ0n) is 31.0. The molecule has 7 aromatic heterocycles. The van der Waals surface area contributed by atoms with Gasteiger partial charge in [0.1, 0.15) is 6.07 Å². The minimum Gasteiger partial charge on any atom is -0.487 e. The molecule has 292 valence electrons. The molecule has 0 saturated heterocycles. The summed E-state index contributed by atoms with van der Waals surface area (Å²) in [6.45, 7) is 0. The summed E-state index contributed by atoms with van der Waals surface area (Å²) in [5.41, 5.74) is 15.3. The second kappa shape index (κ2) is 22.5. The maximum atomic E-state index is 9.32. The summed E-state index contributed by atoms with van der Waals surface area (Å²) >= 11 is 3.16. The van der Waals surface area contributed by atoms with E-state index in [9.17, 15) is 5.26 Å². The molecule has 8 rings (SSSR count). The van der Waals surface area contributed by atoms with Crippen LogP contribution in [0.3, 0.4) is 0 Å². The van der Waals surface area contributed by atoms with Crippen LogP contribution in [0.5, 0.6) is 5.75 Å². The molecule has 7 heterocycles. The minimum atomic E-state index is -1.40. The first-order valence-electron chi connectivity index (χ1n) is 17.8. The maximum Gasteiger partial charge on any atom is 0.490 e. The van der Waals surface area contributed by atoms with Crippen molar-refractivity contribution in [1.29, 1.82) is 5.26 Å². The van der Waals surface area contributed by atoms with Crippen molar-refractivity contribution >= 4 is 52.0 Å². The summed E-state index contributed by atoms with van der Waals surface area (Å²) in [5.74, 6) is 1.52. The number of nitrogens with two attached hydrogens (primary N) is 2. The molecular formula is C39H38BBrN14O3. The first-order valence-corrected chi connectivity index (χ1v) is 18.6. The largest absolute Gasteiger partial charge is 0.490 e. The van der Waals surface area contributed by atoms with Gasteiger partial charge in [-0.1, -0.05) is 24.6 Å². The lowest BCUT2D eigenvalue weighted by Gasteiger charge is -2.23. The third-order valence-corrected chi connectivity index (χ3v) is 8.34. The number of hydrogen-bond donors (Lipinski definition) is 5. The van der Waals surface area contributed by atoms with Crippen LogP contribution in [0.4, 0.5) is 23.5 Å². The zero-order valence-corrected chi connectivity index (χ0v) is 32.6. The summed E-state index contributed by atoms with van der Waals surface area (Å²) in [6, 6.07) is 18.5. The third-order valence-electron chi connectivity index (χ3n) is 7.93. The van der Waals surface area contributed by atoms with Gasteiger partial charge in [0.05, 0.1) is 33.8 Å². The van der Waals surface area contributed by atoms with E-state index < -0.39 is 7.12 Å². The fourth-order valence-electron chi connectivity index (χ4n) is 5.09. The SMILES string of the molecule is N#Cc1ncc(Nc2ncc(-c3ccccn3)cn2)cc1OC1CCCCC1.Nc1ncc(-c2ccccn2)cn1.Nc1ncc(Br)cn1.OB(O)c1cccnc1. The molecule has 1 aliphatic carbocycles. The molecule has 19 heteroatoms. The van der Waals surface area contributed by atoms with Crippen LogP contribution in [-0.2, 0) is 0 Å². The first-order chi connectivity index (χ1) is 28.3. The van der Waals surface area contributed by atoms with E-state index in [0.29, 0.717) is 34.5 Å². The highest BCUT2D eigenvalue weighted by Crippen LogP contribution is 2.28. The van der Waals surface area contributed by atoms with Gasteiger partial charge in [0.25, 0.3) is 0 Å². The molecule has 0 bridgehead atoms. The van der Waals surface area contributed by atoms with Crippen LogP contribution in [0, 0.1) is 11.3 Å². The van der Waals surface area contributed by atoms with Gasteiger partial charge in [-0.2, -0.15) is 5.26 Å². The molecule has 0 radical (unpaired) electrons. The quantitative estimate of drug-likeness (QED) is 0.133. The number of aromatic nitrogens is 10. The van der Waals surface area contributed by atoms with Gasteiger partial charge in [-0.3, -0.25) is 15.0 Å². The fraction of sp³-hybridized carbons (Fsp3) is 0.154. The average Bonchev–Trinajstić information content (AvgIpc) is 3.27. The minimum absolute atomic E-state index is 0.145. The van der Waals surface area contributed by atoms with Crippen molar-refractivity contribution < 1.29 is 14.8 Å². The predicted octanol–water partition coefficient (Wildman–Crippen LogP) is 4.96. The number of pyridine rings is 4. The van der Waals surface area contributed by atoms with E-state index in [1.54, 1.807) is 80.2 Å². The number of hydrogen-bond acceptors (Lipinski definition) is 17. The number of halogens is 1.